The van der Waals surface area contributed by atoms with Crippen LogP contribution >= 0.6 is 12.4 Å². The van der Waals surface area contributed by atoms with Gasteiger partial charge in [-0.1, -0.05) is 49.1 Å². The number of hydrogen-bond donors (Lipinski definition) is 1. The molecule has 2 aromatic carbocycles. The maximum atomic E-state index is 12.7. The number of nitrogens with zero attached hydrogens (tertiary/aromatic N) is 2. The Bertz CT molecular complexity index is 1030. The highest BCUT2D eigenvalue weighted by molar-refractivity contribution is 5.92. The molecular formula is C28H36ClN3O3. The molecule has 35 heavy (non-hydrogen) atoms. The summed E-state index contributed by atoms with van der Waals surface area (Å²) in [4.78, 5) is 29.2. The van der Waals surface area contributed by atoms with Gasteiger partial charge in [0.25, 0.3) is 0 Å². The second-order valence-electron chi connectivity index (χ2n) is 10.1. The minimum Gasteiger partial charge on any atom is -0.444 e. The molecule has 1 saturated carbocycles. The van der Waals surface area contributed by atoms with Gasteiger partial charge in [0.1, 0.15) is 6.61 Å². The van der Waals surface area contributed by atoms with Crippen molar-refractivity contribution < 1.29 is 14.3 Å². The highest BCUT2D eigenvalue weighted by Crippen LogP contribution is 2.34. The lowest BCUT2D eigenvalue weighted by molar-refractivity contribution is -0.117. The van der Waals surface area contributed by atoms with Gasteiger partial charge in [-0.2, -0.15) is 0 Å². The average Bonchev–Trinajstić information content (AvgIpc) is 2.86. The fourth-order valence-corrected chi connectivity index (χ4v) is 5.73. The van der Waals surface area contributed by atoms with E-state index >= 15 is 0 Å². The molecule has 7 heteroatoms. The molecule has 0 radical (unpaired) electrons. The molecule has 6 nitrogen and oxygen atoms in total. The Hall–Kier alpha value is -2.57. The van der Waals surface area contributed by atoms with Crippen LogP contribution in [0.25, 0.3) is 0 Å². The molecule has 1 aliphatic carbocycles. The predicted molar refractivity (Wildman–Crippen MR) is 141 cm³/mol. The summed E-state index contributed by atoms with van der Waals surface area (Å²) in [5, 5.41) is 3.05. The van der Waals surface area contributed by atoms with Gasteiger partial charge in [0.05, 0.1) is 12.2 Å². The number of carbonyl (C=O) groups excluding carboxylic acids is 2. The van der Waals surface area contributed by atoms with Crippen LogP contribution in [0.3, 0.4) is 0 Å². The number of carbonyl (C=O) groups is 2. The predicted octanol–water partition coefficient (Wildman–Crippen LogP) is 6.02. The summed E-state index contributed by atoms with van der Waals surface area (Å²) >= 11 is 0. The number of benzene rings is 2. The Kier molecular flexibility index (Phi) is 8.34. The fraction of sp³-hybridized carbons (Fsp3) is 0.500. The molecular weight excluding hydrogens is 462 g/mol. The van der Waals surface area contributed by atoms with Crippen molar-refractivity contribution in [1.82, 2.24) is 4.90 Å². The fourth-order valence-electron chi connectivity index (χ4n) is 5.73. The first kappa shape index (κ1) is 25.5. The van der Waals surface area contributed by atoms with Crippen molar-refractivity contribution in [1.29, 1.82) is 0 Å². The molecule has 2 heterocycles. The van der Waals surface area contributed by atoms with Gasteiger partial charge in [0.15, 0.2) is 0 Å². The Labute approximate surface area is 214 Å². The van der Waals surface area contributed by atoms with E-state index in [0.29, 0.717) is 19.1 Å². The molecule has 0 spiro atoms. The van der Waals surface area contributed by atoms with E-state index in [1.807, 2.05) is 29.2 Å². The number of nitrogens with one attached hydrogen (secondary N) is 1. The van der Waals surface area contributed by atoms with Gasteiger partial charge in [-0.05, 0) is 62.3 Å². The molecule has 2 aromatic rings. The van der Waals surface area contributed by atoms with Gasteiger partial charge in [-0.15, -0.1) is 12.4 Å². The molecule has 188 valence electrons. The number of halogens is 1. The lowest BCUT2D eigenvalue weighted by atomic mass is 9.84. The normalized spacial score (nSPS) is 19.5. The lowest BCUT2D eigenvalue weighted by Gasteiger charge is -2.40. The van der Waals surface area contributed by atoms with E-state index in [-0.39, 0.29) is 30.4 Å². The van der Waals surface area contributed by atoms with E-state index in [2.05, 4.69) is 35.3 Å². The van der Waals surface area contributed by atoms with Crippen molar-refractivity contribution in [3.63, 3.8) is 0 Å². The van der Waals surface area contributed by atoms with Crippen LogP contribution in [-0.4, -0.2) is 42.6 Å². The van der Waals surface area contributed by atoms with E-state index < -0.39 is 0 Å². The summed E-state index contributed by atoms with van der Waals surface area (Å²) in [6, 6.07) is 14.7. The summed E-state index contributed by atoms with van der Waals surface area (Å²) in [5.74, 6) is 0.690. The topological polar surface area (TPSA) is 61.9 Å². The molecule has 0 aromatic heterocycles. The number of fused-ring (bicyclic) bond motifs is 1. The number of anilines is 2. The summed E-state index contributed by atoms with van der Waals surface area (Å²) in [6.07, 6.45) is 7.96. The molecule has 2 fully saturated rings. The van der Waals surface area contributed by atoms with Crippen LogP contribution in [-0.2, 0) is 16.1 Å². The highest BCUT2D eigenvalue weighted by atomic mass is 35.5. The first-order chi connectivity index (χ1) is 16.6. The minimum atomic E-state index is -0.260. The third kappa shape index (κ3) is 5.99. The number of likely N-dealkylation sites (tertiary alicyclic amines) is 1. The third-order valence-electron chi connectivity index (χ3n) is 7.60. The second kappa shape index (κ2) is 11.4. The van der Waals surface area contributed by atoms with Crippen molar-refractivity contribution in [2.75, 3.05) is 29.9 Å². The first-order valence-corrected chi connectivity index (χ1v) is 12.7. The monoisotopic (exact) mass is 497 g/mol. The van der Waals surface area contributed by atoms with Gasteiger partial charge in [-0.3, -0.25) is 14.6 Å². The third-order valence-corrected chi connectivity index (χ3v) is 7.60. The number of ether oxygens (including phenoxy) is 1. The Morgan fingerprint density at radius 3 is 2.43 bits per heavy atom. The SMILES string of the molecule is Cc1ccc2c(c1)COC(=O)N2C1CCN(CC(=O)Nc2ccc(C3CCCCC3)cc2)CC1.Cl. The zero-order chi connectivity index (χ0) is 23.5. The zero-order valence-electron chi connectivity index (χ0n) is 20.5. The van der Waals surface area contributed by atoms with Crippen molar-refractivity contribution >= 4 is 35.8 Å². The molecule has 3 aliphatic rings. The minimum absolute atomic E-state index is 0. The Morgan fingerprint density at radius 2 is 1.71 bits per heavy atom. The van der Waals surface area contributed by atoms with Crippen LogP contribution < -0.4 is 10.2 Å². The number of aryl methyl sites for hydroxylation is 1. The van der Waals surface area contributed by atoms with E-state index in [9.17, 15) is 9.59 Å². The number of cyclic esters (lactones) is 1. The number of hydrogen-bond acceptors (Lipinski definition) is 4. The molecule has 0 unspecified atom stereocenters. The van der Waals surface area contributed by atoms with E-state index in [4.69, 9.17) is 4.74 Å². The zero-order valence-corrected chi connectivity index (χ0v) is 21.3. The first-order valence-electron chi connectivity index (χ1n) is 12.7. The molecule has 0 bridgehead atoms. The Balaban J connectivity index is 0.00000289. The van der Waals surface area contributed by atoms with E-state index in [0.717, 1.165) is 42.9 Å². The maximum Gasteiger partial charge on any atom is 0.414 e. The number of piperidine rings is 1. The second-order valence-corrected chi connectivity index (χ2v) is 10.1. The lowest BCUT2D eigenvalue weighted by Crippen LogP contribution is -2.50. The van der Waals surface area contributed by atoms with Crippen LogP contribution in [0.2, 0.25) is 0 Å². The van der Waals surface area contributed by atoms with Gasteiger partial charge in [0, 0.05) is 30.4 Å². The van der Waals surface area contributed by atoms with Gasteiger partial charge >= 0.3 is 6.09 Å². The quantitative estimate of drug-likeness (QED) is 0.548. The number of amides is 2. The van der Waals surface area contributed by atoms with E-state index in [1.54, 1.807) is 0 Å². The van der Waals surface area contributed by atoms with Gasteiger partial charge < -0.3 is 10.1 Å². The summed E-state index contributed by atoms with van der Waals surface area (Å²) in [5.41, 5.74) is 5.46. The van der Waals surface area contributed by atoms with Crippen molar-refractivity contribution in [2.24, 2.45) is 0 Å². The highest BCUT2D eigenvalue weighted by Gasteiger charge is 2.34. The van der Waals surface area contributed by atoms with Gasteiger partial charge in [0.2, 0.25) is 5.91 Å². The molecule has 2 aliphatic heterocycles. The van der Waals surface area contributed by atoms with Crippen LogP contribution in [0.15, 0.2) is 42.5 Å². The standard InChI is InChI=1S/C28H35N3O3.ClH/c1-20-7-12-26-23(17-20)19-34-28(33)31(26)25-13-15-30(16-14-25)18-27(32)29-24-10-8-22(9-11-24)21-5-3-2-4-6-21;/h7-12,17,21,25H,2-6,13-16,18-19H2,1H3,(H,29,32);1H. The smallest absolute Gasteiger partial charge is 0.414 e. The molecule has 0 atom stereocenters. The van der Waals surface area contributed by atoms with Crippen molar-refractivity contribution in [3.8, 4) is 0 Å². The Morgan fingerprint density at radius 1 is 1.00 bits per heavy atom. The van der Waals surface area contributed by atoms with Crippen LogP contribution in [0.5, 0.6) is 0 Å². The van der Waals surface area contributed by atoms with Gasteiger partial charge in [-0.25, -0.2) is 4.79 Å². The largest absolute Gasteiger partial charge is 0.444 e. The molecule has 2 amide bonds. The van der Waals surface area contributed by atoms with Crippen molar-refractivity contribution in [2.45, 2.75) is 70.4 Å². The van der Waals surface area contributed by atoms with Crippen LogP contribution in [0.4, 0.5) is 16.2 Å². The summed E-state index contributed by atoms with van der Waals surface area (Å²) in [7, 11) is 0. The summed E-state index contributed by atoms with van der Waals surface area (Å²) < 4.78 is 5.44. The van der Waals surface area contributed by atoms with Crippen LogP contribution in [0, 0.1) is 6.92 Å². The molecule has 5 rings (SSSR count). The summed E-state index contributed by atoms with van der Waals surface area (Å²) in [6.45, 7) is 4.33. The van der Waals surface area contributed by atoms with Crippen molar-refractivity contribution in [3.05, 3.63) is 59.2 Å². The van der Waals surface area contributed by atoms with E-state index in [1.165, 1.54) is 43.2 Å². The molecule has 1 N–H and O–H groups in total. The average molecular weight is 498 g/mol. The van der Waals surface area contributed by atoms with Crippen LogP contribution in [0.1, 0.15) is 67.6 Å². The number of rotatable bonds is 5. The molecule has 1 saturated heterocycles. The maximum absolute atomic E-state index is 12.7.